The lowest BCUT2D eigenvalue weighted by molar-refractivity contribution is -0.117. The zero-order chi connectivity index (χ0) is 19.8. The molecule has 144 valence electrons. The summed E-state index contributed by atoms with van der Waals surface area (Å²) in [6.45, 7) is 6.59. The van der Waals surface area contributed by atoms with Crippen molar-refractivity contribution in [2.75, 3.05) is 19.5 Å². The standard InChI is InChI=1S/C22H26ClNO3/c1-22(2,3)14-8-6-13(7-9-14)15-10-16(15)21(25)24-18-11-17(23)19(26-4)12-20(18)27-5/h6-9,11-12,15-16H,10H2,1-5H3,(H,24,25)/t15-,16+/m1/s1. The van der Waals surface area contributed by atoms with Gasteiger partial charge in [-0.05, 0) is 34.9 Å². The lowest BCUT2D eigenvalue weighted by Crippen LogP contribution is -2.15. The summed E-state index contributed by atoms with van der Waals surface area (Å²) in [7, 11) is 3.09. The summed E-state index contributed by atoms with van der Waals surface area (Å²) >= 11 is 6.18. The molecule has 0 unspecified atom stereocenters. The SMILES string of the molecule is COc1cc(OC)c(NC(=O)[C@H]2C[C@@H]2c2ccc(C(C)(C)C)cc2)cc1Cl. The molecule has 1 N–H and O–H groups in total. The van der Waals surface area contributed by atoms with Crippen LogP contribution in [0.25, 0.3) is 0 Å². The quantitative estimate of drug-likeness (QED) is 0.747. The third kappa shape index (κ3) is 4.22. The van der Waals surface area contributed by atoms with Gasteiger partial charge in [0.25, 0.3) is 0 Å². The minimum absolute atomic E-state index is 0.0144. The number of amides is 1. The second-order valence-electron chi connectivity index (χ2n) is 8.00. The number of nitrogens with one attached hydrogen (secondary N) is 1. The number of halogens is 1. The Morgan fingerprint density at radius 3 is 2.26 bits per heavy atom. The van der Waals surface area contributed by atoms with E-state index in [4.69, 9.17) is 21.1 Å². The van der Waals surface area contributed by atoms with E-state index < -0.39 is 0 Å². The highest BCUT2D eigenvalue weighted by Gasteiger charge is 2.44. The van der Waals surface area contributed by atoms with E-state index in [1.54, 1.807) is 26.4 Å². The van der Waals surface area contributed by atoms with E-state index in [1.165, 1.54) is 11.1 Å². The van der Waals surface area contributed by atoms with Gasteiger partial charge < -0.3 is 14.8 Å². The summed E-state index contributed by atoms with van der Waals surface area (Å²) in [5.41, 5.74) is 3.19. The van der Waals surface area contributed by atoms with Gasteiger partial charge in [-0.1, -0.05) is 56.6 Å². The van der Waals surface area contributed by atoms with Crippen LogP contribution in [0.5, 0.6) is 11.5 Å². The van der Waals surface area contributed by atoms with Crippen LogP contribution in [-0.2, 0) is 10.2 Å². The maximum Gasteiger partial charge on any atom is 0.228 e. The van der Waals surface area contributed by atoms with Crippen LogP contribution in [0.15, 0.2) is 36.4 Å². The molecule has 0 bridgehead atoms. The van der Waals surface area contributed by atoms with E-state index in [0.29, 0.717) is 22.2 Å². The van der Waals surface area contributed by atoms with Crippen molar-refractivity contribution >= 4 is 23.2 Å². The molecule has 27 heavy (non-hydrogen) atoms. The summed E-state index contributed by atoms with van der Waals surface area (Å²) in [5.74, 6) is 1.25. The van der Waals surface area contributed by atoms with Crippen LogP contribution in [-0.4, -0.2) is 20.1 Å². The number of carbonyl (C=O) groups is 1. The fraction of sp³-hybridized carbons (Fsp3) is 0.409. The fourth-order valence-electron chi connectivity index (χ4n) is 3.27. The van der Waals surface area contributed by atoms with Gasteiger partial charge in [0.15, 0.2) is 0 Å². The Morgan fingerprint density at radius 1 is 1.07 bits per heavy atom. The zero-order valence-corrected chi connectivity index (χ0v) is 17.2. The Hall–Kier alpha value is -2.20. The van der Waals surface area contributed by atoms with Crippen LogP contribution in [0.4, 0.5) is 5.69 Å². The normalized spacial score (nSPS) is 18.7. The molecule has 5 heteroatoms. The Kier molecular flexibility index (Phi) is 5.38. The number of hydrogen-bond acceptors (Lipinski definition) is 3. The zero-order valence-electron chi connectivity index (χ0n) is 16.4. The molecule has 0 radical (unpaired) electrons. The molecule has 2 aromatic rings. The van der Waals surface area contributed by atoms with Crippen LogP contribution < -0.4 is 14.8 Å². The largest absolute Gasteiger partial charge is 0.495 e. The highest BCUT2D eigenvalue weighted by Crippen LogP contribution is 2.48. The first kappa shape index (κ1) is 19.6. The Labute approximate surface area is 165 Å². The molecule has 0 spiro atoms. The minimum Gasteiger partial charge on any atom is -0.495 e. The maximum atomic E-state index is 12.7. The average Bonchev–Trinajstić information content (AvgIpc) is 3.42. The maximum absolute atomic E-state index is 12.7. The van der Waals surface area contributed by atoms with Gasteiger partial charge in [-0.3, -0.25) is 4.79 Å². The summed E-state index contributed by atoms with van der Waals surface area (Å²) < 4.78 is 10.5. The monoisotopic (exact) mass is 387 g/mol. The van der Waals surface area contributed by atoms with Gasteiger partial charge in [0, 0.05) is 12.0 Å². The van der Waals surface area contributed by atoms with Gasteiger partial charge in [-0.15, -0.1) is 0 Å². The van der Waals surface area contributed by atoms with Crippen molar-refractivity contribution in [3.05, 3.63) is 52.5 Å². The van der Waals surface area contributed by atoms with E-state index in [1.807, 2.05) is 0 Å². The van der Waals surface area contributed by atoms with Gasteiger partial charge in [0.1, 0.15) is 11.5 Å². The minimum atomic E-state index is -0.0314. The number of hydrogen-bond donors (Lipinski definition) is 1. The molecule has 0 heterocycles. The lowest BCUT2D eigenvalue weighted by Gasteiger charge is -2.19. The van der Waals surface area contributed by atoms with Gasteiger partial charge in [0.2, 0.25) is 5.91 Å². The van der Waals surface area contributed by atoms with Crippen LogP contribution >= 0.6 is 11.6 Å². The number of anilines is 1. The molecule has 0 aliphatic heterocycles. The summed E-state index contributed by atoms with van der Waals surface area (Å²) in [4.78, 5) is 12.7. The molecule has 2 atom stereocenters. The predicted octanol–water partition coefficient (Wildman–Crippen LogP) is 5.40. The van der Waals surface area contributed by atoms with Crippen molar-refractivity contribution in [2.45, 2.75) is 38.5 Å². The highest BCUT2D eigenvalue weighted by molar-refractivity contribution is 6.32. The molecule has 3 rings (SSSR count). The summed E-state index contributed by atoms with van der Waals surface area (Å²) in [5, 5.41) is 3.38. The van der Waals surface area contributed by atoms with Crippen LogP contribution in [0.1, 0.15) is 44.2 Å². The van der Waals surface area contributed by atoms with Crippen molar-refractivity contribution in [1.29, 1.82) is 0 Å². The molecule has 1 aliphatic rings. The smallest absolute Gasteiger partial charge is 0.228 e. The lowest BCUT2D eigenvalue weighted by atomic mass is 9.86. The van der Waals surface area contributed by atoms with Crippen LogP contribution in [0, 0.1) is 5.92 Å². The summed E-state index contributed by atoms with van der Waals surface area (Å²) in [6, 6.07) is 11.9. The summed E-state index contributed by atoms with van der Waals surface area (Å²) in [6.07, 6.45) is 0.854. The number of methoxy groups -OCH3 is 2. The van der Waals surface area contributed by atoms with Crippen molar-refractivity contribution in [3.63, 3.8) is 0 Å². The molecular weight excluding hydrogens is 362 g/mol. The molecule has 1 saturated carbocycles. The van der Waals surface area contributed by atoms with Gasteiger partial charge >= 0.3 is 0 Å². The van der Waals surface area contributed by atoms with E-state index in [-0.39, 0.29) is 23.2 Å². The molecule has 1 fully saturated rings. The predicted molar refractivity (Wildman–Crippen MR) is 109 cm³/mol. The van der Waals surface area contributed by atoms with Crippen LogP contribution in [0.3, 0.4) is 0 Å². The van der Waals surface area contributed by atoms with E-state index in [9.17, 15) is 4.79 Å². The first-order valence-electron chi connectivity index (χ1n) is 9.07. The highest BCUT2D eigenvalue weighted by atomic mass is 35.5. The van der Waals surface area contributed by atoms with Crippen molar-refractivity contribution < 1.29 is 14.3 Å². The van der Waals surface area contributed by atoms with Crippen molar-refractivity contribution in [3.8, 4) is 11.5 Å². The second-order valence-corrected chi connectivity index (χ2v) is 8.40. The van der Waals surface area contributed by atoms with E-state index in [0.717, 1.165) is 6.42 Å². The molecule has 4 nitrogen and oxygen atoms in total. The van der Waals surface area contributed by atoms with E-state index >= 15 is 0 Å². The van der Waals surface area contributed by atoms with Crippen molar-refractivity contribution in [2.24, 2.45) is 5.92 Å². The first-order chi connectivity index (χ1) is 12.7. The molecule has 1 aliphatic carbocycles. The third-order valence-electron chi connectivity index (χ3n) is 5.06. The number of benzene rings is 2. The molecular formula is C22H26ClNO3. The number of rotatable bonds is 5. The number of carbonyl (C=O) groups excluding carboxylic acids is 1. The van der Waals surface area contributed by atoms with Crippen molar-refractivity contribution in [1.82, 2.24) is 0 Å². The molecule has 2 aromatic carbocycles. The van der Waals surface area contributed by atoms with Crippen LogP contribution in [0.2, 0.25) is 5.02 Å². The van der Waals surface area contributed by atoms with Gasteiger partial charge in [0.05, 0.1) is 24.9 Å². The molecule has 0 aromatic heterocycles. The van der Waals surface area contributed by atoms with Gasteiger partial charge in [-0.25, -0.2) is 0 Å². The third-order valence-corrected chi connectivity index (χ3v) is 5.36. The average molecular weight is 388 g/mol. The first-order valence-corrected chi connectivity index (χ1v) is 9.45. The Morgan fingerprint density at radius 2 is 1.70 bits per heavy atom. The van der Waals surface area contributed by atoms with Gasteiger partial charge in [-0.2, -0.15) is 0 Å². The Balaban J connectivity index is 1.70. The Bertz CT molecular complexity index is 840. The molecule has 1 amide bonds. The second kappa shape index (κ2) is 7.43. The topological polar surface area (TPSA) is 47.6 Å². The van der Waals surface area contributed by atoms with E-state index in [2.05, 4.69) is 50.4 Å². The fourth-order valence-corrected chi connectivity index (χ4v) is 3.51. The number of ether oxygens (including phenoxy) is 2. The molecule has 0 saturated heterocycles.